The molecule has 1 radical (unpaired) electrons. The van der Waals surface area contributed by atoms with E-state index in [1.54, 1.807) is 0 Å². The molecule has 0 aromatic rings. The molecule has 2 heteroatoms. The Hall–Kier alpha value is 0.622. The van der Waals surface area contributed by atoms with Crippen LogP contribution in [-0.2, 0) is 20.4 Å². The van der Waals surface area contributed by atoms with Crippen molar-refractivity contribution in [1.82, 2.24) is 0 Å². The van der Waals surface area contributed by atoms with E-state index in [9.17, 15) is 0 Å². The van der Waals surface area contributed by atoms with Crippen molar-refractivity contribution in [2.24, 2.45) is 0 Å². The Kier molecular flexibility index (Phi) is 4.85. The van der Waals surface area contributed by atoms with Gasteiger partial charge in [-0.15, -0.1) is 12.6 Å². The van der Waals surface area contributed by atoms with Crippen LogP contribution in [0.5, 0.6) is 0 Å². The molecule has 0 saturated carbocycles. The average Bonchev–Trinajstić information content (AvgIpc) is 1.69. The molecule has 0 amide bonds. The molecular formula is C6H12NRe-. The molecule has 0 aromatic carbocycles. The van der Waals surface area contributed by atoms with E-state index in [0.29, 0.717) is 6.04 Å². The first-order chi connectivity index (χ1) is 3.39. The normalized spacial score (nSPS) is 28.9. The van der Waals surface area contributed by atoms with Crippen LogP contribution in [0.2, 0.25) is 0 Å². The van der Waals surface area contributed by atoms with E-state index in [4.69, 9.17) is 0 Å². The van der Waals surface area contributed by atoms with E-state index in [1.165, 1.54) is 19.3 Å². The van der Waals surface area contributed by atoms with Gasteiger partial charge in [0.15, 0.2) is 0 Å². The van der Waals surface area contributed by atoms with Crippen LogP contribution in [0.1, 0.15) is 26.2 Å². The predicted molar refractivity (Wildman–Crippen MR) is 31.5 cm³/mol. The Bertz CT molecular complexity index is 50.5. The van der Waals surface area contributed by atoms with Crippen LogP contribution in [0.3, 0.4) is 0 Å². The Morgan fingerprint density at radius 2 is 2.12 bits per heavy atom. The first-order valence-electron chi connectivity index (χ1n) is 3.06. The van der Waals surface area contributed by atoms with Gasteiger partial charge in [0.25, 0.3) is 0 Å². The molecule has 1 heterocycles. The van der Waals surface area contributed by atoms with Gasteiger partial charge in [0.2, 0.25) is 0 Å². The zero-order valence-corrected chi connectivity index (χ0v) is 7.95. The Morgan fingerprint density at radius 1 is 1.38 bits per heavy atom. The summed E-state index contributed by atoms with van der Waals surface area (Å²) in [7, 11) is 0. The summed E-state index contributed by atoms with van der Waals surface area (Å²) < 4.78 is 0. The standard InChI is InChI=1S/C6H12N.Re/c1-6-4-2-3-5-7-6;/h6H,2-5H2,1H3;/q-1;/t6-;/m1./s1. The fourth-order valence-corrected chi connectivity index (χ4v) is 0.955. The molecule has 1 aliphatic heterocycles. The fourth-order valence-electron chi connectivity index (χ4n) is 0.955. The molecule has 1 aliphatic rings. The molecule has 1 nitrogen and oxygen atoms in total. The second-order valence-corrected chi connectivity index (χ2v) is 2.25. The summed E-state index contributed by atoms with van der Waals surface area (Å²) in [4.78, 5) is 0. The van der Waals surface area contributed by atoms with Gasteiger partial charge in [-0.25, -0.2) is 0 Å². The Morgan fingerprint density at radius 3 is 2.38 bits per heavy atom. The molecule has 0 aliphatic carbocycles. The van der Waals surface area contributed by atoms with Gasteiger partial charge in [0.1, 0.15) is 0 Å². The van der Waals surface area contributed by atoms with Crippen molar-refractivity contribution in [3.63, 3.8) is 0 Å². The summed E-state index contributed by atoms with van der Waals surface area (Å²) in [6, 6.07) is 0.661. The SMILES string of the molecule is C[C@@H]1CCCC[N-]1.[Re]. The number of hydrogen-bond donors (Lipinski definition) is 0. The maximum absolute atomic E-state index is 4.33. The summed E-state index contributed by atoms with van der Waals surface area (Å²) >= 11 is 0. The van der Waals surface area contributed by atoms with Gasteiger partial charge < -0.3 is 5.32 Å². The molecule has 0 spiro atoms. The van der Waals surface area contributed by atoms with Gasteiger partial charge in [-0.2, -0.15) is 0 Å². The molecule has 0 unspecified atom stereocenters. The van der Waals surface area contributed by atoms with Crippen molar-refractivity contribution in [2.75, 3.05) is 6.54 Å². The Balaban J connectivity index is 0.000000490. The minimum absolute atomic E-state index is 0. The molecule has 1 saturated heterocycles. The van der Waals surface area contributed by atoms with Gasteiger partial charge in [-0.3, -0.25) is 0 Å². The molecule has 0 aromatic heterocycles. The number of hydrogen-bond acceptors (Lipinski definition) is 0. The summed E-state index contributed by atoms with van der Waals surface area (Å²) in [5.41, 5.74) is 0. The van der Waals surface area contributed by atoms with Crippen LogP contribution >= 0.6 is 0 Å². The quantitative estimate of drug-likeness (QED) is 0.645. The second kappa shape index (κ2) is 4.50. The van der Waals surface area contributed by atoms with Crippen LogP contribution in [0.4, 0.5) is 0 Å². The van der Waals surface area contributed by atoms with Crippen LogP contribution in [0.15, 0.2) is 0 Å². The maximum Gasteiger partial charge on any atom is 0 e. The summed E-state index contributed by atoms with van der Waals surface area (Å²) in [5, 5.41) is 4.33. The minimum atomic E-state index is 0. The van der Waals surface area contributed by atoms with E-state index in [0.717, 1.165) is 6.54 Å². The van der Waals surface area contributed by atoms with E-state index >= 15 is 0 Å². The van der Waals surface area contributed by atoms with Gasteiger partial charge in [0.05, 0.1) is 0 Å². The first-order valence-corrected chi connectivity index (χ1v) is 3.06. The molecule has 49 valence electrons. The molecule has 8 heavy (non-hydrogen) atoms. The van der Waals surface area contributed by atoms with Crippen LogP contribution in [0, 0.1) is 0 Å². The van der Waals surface area contributed by atoms with Gasteiger partial charge in [0, 0.05) is 20.4 Å². The smallest absolute Gasteiger partial charge is 0 e. The molecule has 1 rings (SSSR count). The zero-order valence-electron chi connectivity index (χ0n) is 5.23. The third-order valence-corrected chi connectivity index (χ3v) is 1.47. The molecule has 0 N–H and O–H groups in total. The predicted octanol–water partition coefficient (Wildman–Crippen LogP) is 1.93. The molecule has 1 fully saturated rings. The Labute approximate surface area is 64.9 Å². The van der Waals surface area contributed by atoms with Crippen molar-refractivity contribution in [2.45, 2.75) is 32.2 Å². The van der Waals surface area contributed by atoms with E-state index in [-0.39, 0.29) is 20.4 Å². The van der Waals surface area contributed by atoms with Crippen molar-refractivity contribution >= 4 is 0 Å². The summed E-state index contributed by atoms with van der Waals surface area (Å²) in [6.45, 7) is 3.31. The first kappa shape index (κ1) is 8.62. The van der Waals surface area contributed by atoms with Crippen LogP contribution < -0.4 is 0 Å². The van der Waals surface area contributed by atoms with Crippen molar-refractivity contribution in [3.05, 3.63) is 5.32 Å². The van der Waals surface area contributed by atoms with E-state index < -0.39 is 0 Å². The number of piperidine rings is 1. The second-order valence-electron chi connectivity index (χ2n) is 2.25. The summed E-state index contributed by atoms with van der Waals surface area (Å²) in [5.74, 6) is 0. The zero-order chi connectivity index (χ0) is 5.11. The minimum Gasteiger partial charge on any atom is -0.660 e. The van der Waals surface area contributed by atoms with E-state index in [1.807, 2.05) is 0 Å². The number of rotatable bonds is 0. The van der Waals surface area contributed by atoms with Crippen LogP contribution in [0.25, 0.3) is 5.32 Å². The van der Waals surface area contributed by atoms with Crippen molar-refractivity contribution in [3.8, 4) is 0 Å². The molecule has 1 atom stereocenters. The molecule has 0 bridgehead atoms. The van der Waals surface area contributed by atoms with Gasteiger partial charge >= 0.3 is 0 Å². The van der Waals surface area contributed by atoms with Gasteiger partial charge in [-0.05, 0) is 0 Å². The van der Waals surface area contributed by atoms with Crippen molar-refractivity contribution in [1.29, 1.82) is 0 Å². The molecular weight excluding hydrogens is 272 g/mol. The monoisotopic (exact) mass is 285 g/mol. The largest absolute Gasteiger partial charge is 0.660 e. The fraction of sp³-hybridized carbons (Fsp3) is 1.00. The topological polar surface area (TPSA) is 14.1 Å². The average molecular weight is 284 g/mol. The third kappa shape index (κ3) is 2.82. The number of nitrogens with zero attached hydrogens (tertiary/aromatic N) is 1. The van der Waals surface area contributed by atoms with Crippen molar-refractivity contribution < 1.29 is 20.4 Å². The van der Waals surface area contributed by atoms with E-state index in [2.05, 4.69) is 12.2 Å². The summed E-state index contributed by atoms with van der Waals surface area (Å²) in [6.07, 6.45) is 4.04. The maximum atomic E-state index is 4.33. The third-order valence-electron chi connectivity index (χ3n) is 1.47. The van der Waals surface area contributed by atoms with Crippen LogP contribution in [-0.4, -0.2) is 12.6 Å². The van der Waals surface area contributed by atoms with Gasteiger partial charge in [-0.1, -0.05) is 26.2 Å².